The molecule has 86 valence electrons. The van der Waals surface area contributed by atoms with E-state index >= 15 is 0 Å². The van der Waals surface area contributed by atoms with Gasteiger partial charge in [0.2, 0.25) is 0 Å². The van der Waals surface area contributed by atoms with Crippen LogP contribution < -0.4 is 5.32 Å². The summed E-state index contributed by atoms with van der Waals surface area (Å²) >= 11 is 0. The van der Waals surface area contributed by atoms with Gasteiger partial charge < -0.3 is 10.2 Å². The Kier molecular flexibility index (Phi) is 2.56. The molecule has 1 N–H and O–H groups in total. The van der Waals surface area contributed by atoms with E-state index in [2.05, 4.69) is 29.4 Å². The van der Waals surface area contributed by atoms with Gasteiger partial charge in [0.05, 0.1) is 0 Å². The summed E-state index contributed by atoms with van der Waals surface area (Å²) in [5.41, 5.74) is 2.77. The summed E-state index contributed by atoms with van der Waals surface area (Å²) in [5.74, 6) is 1.07. The first-order valence-corrected chi connectivity index (χ1v) is 6.25. The first kappa shape index (κ1) is 10.1. The van der Waals surface area contributed by atoms with Gasteiger partial charge in [-0.1, -0.05) is 6.07 Å². The third-order valence-electron chi connectivity index (χ3n) is 3.67. The second-order valence-electron chi connectivity index (χ2n) is 5.05. The monoisotopic (exact) mass is 217 g/mol. The van der Waals surface area contributed by atoms with Gasteiger partial charge in [0.15, 0.2) is 0 Å². The Morgan fingerprint density at radius 1 is 1.38 bits per heavy atom. The molecule has 0 saturated carbocycles. The Morgan fingerprint density at radius 2 is 2.31 bits per heavy atom. The maximum absolute atomic E-state index is 4.71. The average Bonchev–Trinajstić information content (AvgIpc) is 2.87. The molecule has 16 heavy (non-hydrogen) atoms. The number of likely N-dealkylation sites (tertiary alicyclic amines) is 1. The van der Waals surface area contributed by atoms with Gasteiger partial charge in [-0.2, -0.15) is 0 Å². The summed E-state index contributed by atoms with van der Waals surface area (Å²) in [6.45, 7) is 2.33. The van der Waals surface area contributed by atoms with Crippen molar-refractivity contribution in [1.82, 2.24) is 9.88 Å². The second kappa shape index (κ2) is 4.06. The normalized spacial score (nSPS) is 24.7. The third-order valence-corrected chi connectivity index (χ3v) is 3.67. The van der Waals surface area contributed by atoms with Crippen LogP contribution in [0.15, 0.2) is 12.1 Å². The lowest BCUT2D eigenvalue weighted by Gasteiger charge is -2.14. The molecular formula is C13H19N3. The summed E-state index contributed by atoms with van der Waals surface area (Å²) in [7, 11) is 2.18. The van der Waals surface area contributed by atoms with Crippen molar-refractivity contribution in [3.63, 3.8) is 0 Å². The van der Waals surface area contributed by atoms with Crippen molar-refractivity contribution in [2.75, 3.05) is 25.5 Å². The van der Waals surface area contributed by atoms with E-state index in [1.807, 2.05) is 0 Å². The van der Waals surface area contributed by atoms with Gasteiger partial charge >= 0.3 is 0 Å². The van der Waals surface area contributed by atoms with E-state index in [0.717, 1.165) is 18.8 Å². The molecule has 0 amide bonds. The summed E-state index contributed by atoms with van der Waals surface area (Å²) in [4.78, 5) is 7.08. The minimum absolute atomic E-state index is 0.581. The molecule has 3 nitrogen and oxygen atoms in total. The largest absolute Gasteiger partial charge is 0.366 e. The molecule has 1 aliphatic heterocycles. The fourth-order valence-corrected chi connectivity index (χ4v) is 2.76. The molecule has 2 heterocycles. The highest BCUT2D eigenvalue weighted by Gasteiger charge is 2.20. The fraction of sp³-hybridized carbons (Fsp3) is 0.615. The molecule has 0 radical (unpaired) electrons. The van der Waals surface area contributed by atoms with Gasteiger partial charge in [-0.05, 0) is 50.9 Å². The van der Waals surface area contributed by atoms with Crippen LogP contribution in [0.1, 0.15) is 24.1 Å². The molecule has 3 rings (SSSR count). The van der Waals surface area contributed by atoms with Crippen LogP contribution in [0, 0.1) is 0 Å². The number of likely N-dealkylation sites (N-methyl/N-ethyl adjacent to an activating group) is 1. The van der Waals surface area contributed by atoms with Crippen LogP contribution in [0.4, 0.5) is 5.82 Å². The summed E-state index contributed by atoms with van der Waals surface area (Å²) in [6, 6.07) is 4.97. The number of fused-ring (bicyclic) bond motifs is 1. The lowest BCUT2D eigenvalue weighted by molar-refractivity contribution is 0.414. The SMILES string of the molecule is CN1CCC(Nc2ccc3c(n2)CCC3)C1. The number of rotatable bonds is 2. The molecule has 0 bridgehead atoms. The molecule has 1 atom stereocenters. The maximum Gasteiger partial charge on any atom is 0.126 e. The van der Waals surface area contributed by atoms with Crippen molar-refractivity contribution < 1.29 is 0 Å². The van der Waals surface area contributed by atoms with Crippen molar-refractivity contribution >= 4 is 5.82 Å². The van der Waals surface area contributed by atoms with Crippen LogP contribution in [0.3, 0.4) is 0 Å². The highest BCUT2D eigenvalue weighted by molar-refractivity contribution is 5.41. The van der Waals surface area contributed by atoms with Crippen molar-refractivity contribution in [3.05, 3.63) is 23.4 Å². The third kappa shape index (κ3) is 1.92. The lowest BCUT2D eigenvalue weighted by atomic mass is 10.2. The number of hydrogen-bond donors (Lipinski definition) is 1. The van der Waals surface area contributed by atoms with E-state index in [-0.39, 0.29) is 0 Å². The van der Waals surface area contributed by atoms with Gasteiger partial charge in [0.1, 0.15) is 5.82 Å². The Morgan fingerprint density at radius 3 is 3.12 bits per heavy atom. The predicted molar refractivity (Wildman–Crippen MR) is 65.8 cm³/mol. The van der Waals surface area contributed by atoms with E-state index in [1.165, 1.54) is 37.1 Å². The summed E-state index contributed by atoms with van der Waals surface area (Å²) < 4.78 is 0. The standard InChI is InChI=1S/C13H19N3/c1-16-8-7-11(9-16)14-13-6-5-10-3-2-4-12(10)15-13/h5-6,11H,2-4,7-9H2,1H3,(H,14,15). The van der Waals surface area contributed by atoms with E-state index in [1.54, 1.807) is 0 Å². The number of aromatic nitrogens is 1. The molecule has 0 spiro atoms. The van der Waals surface area contributed by atoms with Gasteiger partial charge in [-0.3, -0.25) is 0 Å². The topological polar surface area (TPSA) is 28.2 Å². The minimum Gasteiger partial charge on any atom is -0.366 e. The molecule has 1 aliphatic carbocycles. The van der Waals surface area contributed by atoms with E-state index in [9.17, 15) is 0 Å². The molecular weight excluding hydrogens is 198 g/mol. The number of nitrogens with one attached hydrogen (secondary N) is 1. The van der Waals surface area contributed by atoms with E-state index in [0.29, 0.717) is 6.04 Å². The highest BCUT2D eigenvalue weighted by Crippen LogP contribution is 2.22. The van der Waals surface area contributed by atoms with Crippen LogP contribution in [0.2, 0.25) is 0 Å². The van der Waals surface area contributed by atoms with Gasteiger partial charge in [0, 0.05) is 18.3 Å². The molecule has 1 unspecified atom stereocenters. The smallest absolute Gasteiger partial charge is 0.126 e. The number of pyridine rings is 1. The van der Waals surface area contributed by atoms with Gasteiger partial charge in [0.25, 0.3) is 0 Å². The zero-order valence-corrected chi connectivity index (χ0v) is 9.87. The average molecular weight is 217 g/mol. The Hall–Kier alpha value is -1.09. The van der Waals surface area contributed by atoms with Crippen molar-refractivity contribution in [3.8, 4) is 0 Å². The van der Waals surface area contributed by atoms with Crippen LogP contribution in [-0.4, -0.2) is 36.1 Å². The Balaban J connectivity index is 1.71. The second-order valence-corrected chi connectivity index (χ2v) is 5.05. The molecule has 3 heteroatoms. The first-order chi connectivity index (χ1) is 7.81. The van der Waals surface area contributed by atoms with Crippen molar-refractivity contribution in [2.45, 2.75) is 31.7 Å². The fourth-order valence-electron chi connectivity index (χ4n) is 2.76. The van der Waals surface area contributed by atoms with Crippen LogP contribution in [-0.2, 0) is 12.8 Å². The summed E-state index contributed by atoms with van der Waals surface area (Å²) in [5, 5.41) is 3.55. The Bertz CT molecular complexity index is 389. The van der Waals surface area contributed by atoms with Gasteiger partial charge in [-0.15, -0.1) is 0 Å². The first-order valence-electron chi connectivity index (χ1n) is 6.25. The molecule has 1 fully saturated rings. The number of hydrogen-bond acceptors (Lipinski definition) is 3. The zero-order chi connectivity index (χ0) is 11.0. The maximum atomic E-state index is 4.71. The van der Waals surface area contributed by atoms with Crippen LogP contribution >= 0.6 is 0 Å². The molecule has 0 aromatic carbocycles. The number of aryl methyl sites for hydroxylation is 2. The lowest BCUT2D eigenvalue weighted by Crippen LogP contribution is -2.24. The molecule has 1 aromatic heterocycles. The van der Waals surface area contributed by atoms with E-state index in [4.69, 9.17) is 4.98 Å². The molecule has 2 aliphatic rings. The minimum atomic E-state index is 0.581. The predicted octanol–water partition coefficient (Wildman–Crippen LogP) is 1.69. The molecule has 1 saturated heterocycles. The highest BCUT2D eigenvalue weighted by atomic mass is 15.2. The summed E-state index contributed by atoms with van der Waals surface area (Å²) in [6.07, 6.45) is 4.89. The zero-order valence-electron chi connectivity index (χ0n) is 9.87. The Labute approximate surface area is 96.9 Å². The van der Waals surface area contributed by atoms with Gasteiger partial charge in [-0.25, -0.2) is 4.98 Å². The van der Waals surface area contributed by atoms with Crippen LogP contribution in [0.5, 0.6) is 0 Å². The van der Waals surface area contributed by atoms with E-state index < -0.39 is 0 Å². The number of nitrogens with zero attached hydrogens (tertiary/aromatic N) is 2. The van der Waals surface area contributed by atoms with Crippen LogP contribution in [0.25, 0.3) is 0 Å². The number of anilines is 1. The molecule has 1 aromatic rings. The van der Waals surface area contributed by atoms with Crippen molar-refractivity contribution in [2.24, 2.45) is 0 Å². The van der Waals surface area contributed by atoms with Crippen molar-refractivity contribution in [1.29, 1.82) is 0 Å². The quantitative estimate of drug-likeness (QED) is 0.817.